The Kier molecular flexibility index (Phi) is 9.18. The normalized spacial score (nSPS) is 11.3. The molecule has 1 aromatic carbocycles. The largest absolute Gasteiger partial charge is 0.466 e. The summed E-state index contributed by atoms with van der Waals surface area (Å²) in [6.45, 7) is 7.90. The van der Waals surface area contributed by atoms with E-state index in [4.69, 9.17) is 4.74 Å². The van der Waals surface area contributed by atoms with Crippen molar-refractivity contribution in [2.24, 2.45) is 0 Å². The van der Waals surface area contributed by atoms with E-state index in [1.807, 2.05) is 6.92 Å². The van der Waals surface area contributed by atoms with E-state index in [1.165, 1.54) is 11.3 Å². The van der Waals surface area contributed by atoms with Crippen LogP contribution in [0.3, 0.4) is 0 Å². The minimum absolute atomic E-state index is 0.00672. The highest BCUT2D eigenvalue weighted by atomic mass is 32.2. The Labute approximate surface area is 211 Å². The SMILES string of the molecule is C=CCn1c(CS(=O)(=O)c2ccc(C)cc2)nnc1SCC(=O)Nc1nc(CC(=O)OCC)cs1. The van der Waals surface area contributed by atoms with E-state index in [0.29, 0.717) is 29.1 Å². The van der Waals surface area contributed by atoms with Crippen LogP contribution in [0.4, 0.5) is 5.13 Å². The summed E-state index contributed by atoms with van der Waals surface area (Å²) in [7, 11) is -3.63. The van der Waals surface area contributed by atoms with Crippen molar-refractivity contribution in [2.75, 3.05) is 17.7 Å². The molecule has 0 aliphatic carbocycles. The van der Waals surface area contributed by atoms with Crippen molar-refractivity contribution < 1.29 is 22.7 Å². The van der Waals surface area contributed by atoms with Crippen molar-refractivity contribution >= 4 is 49.9 Å². The van der Waals surface area contributed by atoms with Crippen LogP contribution in [0.1, 0.15) is 24.0 Å². The molecule has 1 amide bonds. The maximum absolute atomic E-state index is 12.8. The number of esters is 1. The molecule has 2 aromatic heterocycles. The van der Waals surface area contributed by atoms with E-state index in [-0.39, 0.29) is 40.5 Å². The highest BCUT2D eigenvalue weighted by molar-refractivity contribution is 7.99. The van der Waals surface area contributed by atoms with Gasteiger partial charge in [-0.15, -0.1) is 28.1 Å². The minimum Gasteiger partial charge on any atom is -0.466 e. The van der Waals surface area contributed by atoms with Gasteiger partial charge in [0.05, 0.1) is 29.4 Å². The Balaban J connectivity index is 1.63. The van der Waals surface area contributed by atoms with Crippen molar-refractivity contribution in [1.29, 1.82) is 0 Å². The Hall–Kier alpha value is -3.03. The molecule has 13 heteroatoms. The second-order valence-corrected chi connectivity index (χ2v) is 11.1. The van der Waals surface area contributed by atoms with Gasteiger partial charge in [0.25, 0.3) is 0 Å². The van der Waals surface area contributed by atoms with Crippen molar-refractivity contribution in [2.45, 2.75) is 42.6 Å². The van der Waals surface area contributed by atoms with Gasteiger partial charge in [-0.05, 0) is 26.0 Å². The van der Waals surface area contributed by atoms with E-state index in [1.54, 1.807) is 47.2 Å². The fourth-order valence-corrected chi connectivity index (χ4v) is 5.70. The number of hydrogen-bond donors (Lipinski definition) is 1. The van der Waals surface area contributed by atoms with Crippen LogP contribution < -0.4 is 5.32 Å². The summed E-state index contributed by atoms with van der Waals surface area (Å²) in [6, 6.07) is 6.61. The Morgan fingerprint density at radius 3 is 2.69 bits per heavy atom. The lowest BCUT2D eigenvalue weighted by Gasteiger charge is -2.09. The molecule has 35 heavy (non-hydrogen) atoms. The predicted octanol–water partition coefficient (Wildman–Crippen LogP) is 3.04. The number of rotatable bonds is 12. The van der Waals surface area contributed by atoms with Gasteiger partial charge in [-0.3, -0.25) is 9.59 Å². The molecule has 0 saturated heterocycles. The lowest BCUT2D eigenvalue weighted by molar-refractivity contribution is -0.142. The van der Waals surface area contributed by atoms with Gasteiger partial charge >= 0.3 is 5.97 Å². The molecule has 0 saturated carbocycles. The topological polar surface area (TPSA) is 133 Å². The van der Waals surface area contributed by atoms with Gasteiger partial charge in [-0.1, -0.05) is 35.5 Å². The third-order valence-electron chi connectivity index (χ3n) is 4.57. The minimum atomic E-state index is -3.63. The fraction of sp³-hybridized carbons (Fsp3) is 0.318. The lowest BCUT2D eigenvalue weighted by atomic mass is 10.2. The first-order valence-electron chi connectivity index (χ1n) is 10.6. The molecule has 0 spiro atoms. The standard InChI is InChI=1S/C22H25N5O5S3/c1-4-10-27-18(14-35(30,31)17-8-6-15(3)7-9-17)25-26-22(27)34-13-19(28)24-21-23-16(12-33-21)11-20(29)32-5-2/h4,6-9,12H,1,5,10-11,13-14H2,2-3H3,(H,23,24,28). The number of nitrogens with one attached hydrogen (secondary N) is 1. The smallest absolute Gasteiger partial charge is 0.311 e. The van der Waals surface area contributed by atoms with Crippen LogP contribution in [0.5, 0.6) is 0 Å². The maximum atomic E-state index is 12.8. The predicted molar refractivity (Wildman–Crippen MR) is 134 cm³/mol. The Morgan fingerprint density at radius 2 is 2.00 bits per heavy atom. The Morgan fingerprint density at radius 1 is 1.26 bits per heavy atom. The number of nitrogens with zero attached hydrogens (tertiary/aromatic N) is 4. The number of aryl methyl sites for hydroxylation is 1. The molecule has 10 nitrogen and oxygen atoms in total. The zero-order valence-electron chi connectivity index (χ0n) is 19.3. The molecule has 0 aliphatic heterocycles. The Bertz CT molecular complexity index is 1300. The van der Waals surface area contributed by atoms with Crippen molar-refractivity contribution in [3.8, 4) is 0 Å². The highest BCUT2D eigenvalue weighted by Crippen LogP contribution is 2.22. The van der Waals surface area contributed by atoms with Crippen LogP contribution in [0.2, 0.25) is 0 Å². The molecule has 1 N–H and O–H groups in total. The molecule has 186 valence electrons. The van der Waals surface area contributed by atoms with Crippen molar-refractivity contribution in [3.05, 3.63) is 59.4 Å². The van der Waals surface area contributed by atoms with Crippen LogP contribution in [0, 0.1) is 6.92 Å². The van der Waals surface area contributed by atoms with E-state index < -0.39 is 9.84 Å². The molecule has 0 fully saturated rings. The number of ether oxygens (including phenoxy) is 1. The molecule has 0 radical (unpaired) electrons. The number of thioether (sulfide) groups is 1. The van der Waals surface area contributed by atoms with Crippen molar-refractivity contribution in [1.82, 2.24) is 19.7 Å². The zero-order valence-corrected chi connectivity index (χ0v) is 21.7. The summed E-state index contributed by atoms with van der Waals surface area (Å²) in [6.07, 6.45) is 1.64. The van der Waals surface area contributed by atoms with Crippen molar-refractivity contribution in [3.63, 3.8) is 0 Å². The lowest BCUT2D eigenvalue weighted by Crippen LogP contribution is -2.15. The molecule has 0 atom stereocenters. The number of carbonyl (C=O) groups excluding carboxylic acids is 2. The monoisotopic (exact) mass is 535 g/mol. The number of allylic oxidation sites excluding steroid dienone is 1. The van der Waals surface area contributed by atoms with Crippen LogP contribution in [-0.2, 0) is 42.9 Å². The molecule has 3 rings (SSSR count). The quantitative estimate of drug-likeness (QED) is 0.211. The van der Waals surface area contributed by atoms with E-state index in [0.717, 1.165) is 17.3 Å². The summed E-state index contributed by atoms with van der Waals surface area (Å²) in [5.74, 6) is -0.766. The molecule has 0 bridgehead atoms. The summed E-state index contributed by atoms with van der Waals surface area (Å²) in [4.78, 5) is 28.4. The zero-order chi connectivity index (χ0) is 25.4. The first-order chi connectivity index (χ1) is 16.7. The van der Waals surface area contributed by atoms with Gasteiger partial charge < -0.3 is 14.6 Å². The molecule has 0 aliphatic rings. The molecule has 2 heterocycles. The summed E-state index contributed by atoms with van der Waals surface area (Å²) in [5.41, 5.74) is 1.48. The number of thiazole rings is 1. The van der Waals surface area contributed by atoms with E-state index in [9.17, 15) is 18.0 Å². The summed E-state index contributed by atoms with van der Waals surface area (Å²) >= 11 is 2.33. The summed E-state index contributed by atoms with van der Waals surface area (Å²) in [5, 5.41) is 13.3. The maximum Gasteiger partial charge on any atom is 0.311 e. The highest BCUT2D eigenvalue weighted by Gasteiger charge is 2.22. The average molecular weight is 536 g/mol. The second-order valence-electron chi connectivity index (χ2n) is 7.33. The van der Waals surface area contributed by atoms with Gasteiger partial charge in [0.1, 0.15) is 11.6 Å². The summed E-state index contributed by atoms with van der Waals surface area (Å²) < 4.78 is 32.2. The van der Waals surface area contributed by atoms with E-state index >= 15 is 0 Å². The van der Waals surface area contributed by atoms with Crippen LogP contribution in [0.25, 0.3) is 0 Å². The fourth-order valence-electron chi connectivity index (χ4n) is 2.93. The van der Waals surface area contributed by atoms with Gasteiger partial charge in [-0.25, -0.2) is 13.4 Å². The van der Waals surface area contributed by atoms with Crippen LogP contribution in [-0.4, -0.2) is 52.4 Å². The third-order valence-corrected chi connectivity index (χ3v) is 7.97. The number of aromatic nitrogens is 4. The van der Waals surface area contributed by atoms with Crippen LogP contribution in [0.15, 0.2) is 52.4 Å². The second kappa shape index (κ2) is 12.1. The van der Waals surface area contributed by atoms with Gasteiger partial charge in [0, 0.05) is 11.9 Å². The number of hydrogen-bond acceptors (Lipinski definition) is 10. The number of sulfone groups is 1. The average Bonchev–Trinajstić information content (AvgIpc) is 3.39. The van der Waals surface area contributed by atoms with Gasteiger partial charge in [0.15, 0.2) is 20.1 Å². The number of carbonyl (C=O) groups is 2. The first kappa shape index (κ1) is 26.6. The van der Waals surface area contributed by atoms with Gasteiger partial charge in [-0.2, -0.15) is 0 Å². The number of amides is 1. The number of benzene rings is 1. The van der Waals surface area contributed by atoms with Gasteiger partial charge in [0.2, 0.25) is 5.91 Å². The number of anilines is 1. The van der Waals surface area contributed by atoms with Crippen LogP contribution >= 0.6 is 23.1 Å². The molecule has 0 unspecified atom stereocenters. The molecular weight excluding hydrogens is 510 g/mol. The molecule has 3 aromatic rings. The molecular formula is C22H25N5O5S3. The van der Waals surface area contributed by atoms with E-state index in [2.05, 4.69) is 27.1 Å². The third kappa shape index (κ3) is 7.47. The first-order valence-corrected chi connectivity index (χ1v) is 14.1.